The van der Waals surface area contributed by atoms with E-state index in [1.165, 1.54) is 6.33 Å². The van der Waals surface area contributed by atoms with Crippen molar-refractivity contribution in [3.05, 3.63) is 72.7 Å². The van der Waals surface area contributed by atoms with E-state index in [2.05, 4.69) is 25.5 Å². The Hall–Kier alpha value is -3.75. The highest BCUT2D eigenvalue weighted by atomic mass is 16.1. The van der Waals surface area contributed by atoms with E-state index in [9.17, 15) is 4.79 Å². The molecule has 8 heteroatoms. The molecule has 0 atom stereocenters. The molecule has 1 fully saturated rings. The maximum absolute atomic E-state index is 12.8. The molecule has 1 amide bonds. The number of aromatic nitrogens is 3. The van der Waals surface area contributed by atoms with Crippen molar-refractivity contribution in [1.29, 1.82) is 0 Å². The number of anilines is 1. The van der Waals surface area contributed by atoms with Crippen molar-refractivity contribution in [3.63, 3.8) is 0 Å². The summed E-state index contributed by atoms with van der Waals surface area (Å²) in [5, 5.41) is 7.19. The molecule has 4 aromatic rings. The topological polar surface area (TPSA) is 101 Å². The van der Waals surface area contributed by atoms with Crippen molar-refractivity contribution in [2.24, 2.45) is 0 Å². The number of carbonyl (C=O) groups is 1. The van der Waals surface area contributed by atoms with Crippen molar-refractivity contribution in [2.75, 3.05) is 45.0 Å². The predicted octanol–water partition coefficient (Wildman–Crippen LogP) is 2.30. The van der Waals surface area contributed by atoms with Crippen LogP contribution in [-0.2, 0) is 0 Å². The van der Waals surface area contributed by atoms with Crippen molar-refractivity contribution < 1.29 is 4.79 Å². The lowest BCUT2D eigenvalue weighted by molar-refractivity contribution is 0.0947. The van der Waals surface area contributed by atoms with Gasteiger partial charge in [-0.2, -0.15) is 0 Å². The Morgan fingerprint density at radius 1 is 1.06 bits per heavy atom. The van der Waals surface area contributed by atoms with Gasteiger partial charge in [-0.15, -0.1) is 0 Å². The fourth-order valence-corrected chi connectivity index (χ4v) is 4.28. The number of nitrogens with two attached hydrogens (primary N) is 1. The van der Waals surface area contributed by atoms with Crippen LogP contribution in [0.15, 0.2) is 67.1 Å². The maximum Gasteiger partial charge on any atom is 0.251 e. The summed E-state index contributed by atoms with van der Waals surface area (Å²) in [6.07, 6.45) is 3.47. The molecule has 0 unspecified atom stereocenters. The number of nitrogens with zero attached hydrogens (tertiary/aromatic N) is 4. The van der Waals surface area contributed by atoms with Crippen LogP contribution in [0.25, 0.3) is 27.8 Å². The third-order valence-electron chi connectivity index (χ3n) is 6.01. The van der Waals surface area contributed by atoms with Crippen LogP contribution >= 0.6 is 0 Å². The zero-order valence-corrected chi connectivity index (χ0v) is 18.4. The van der Waals surface area contributed by atoms with Gasteiger partial charge in [-0.05, 0) is 23.8 Å². The van der Waals surface area contributed by atoms with Gasteiger partial charge in [0.2, 0.25) is 0 Å². The number of piperazine rings is 1. The lowest BCUT2D eigenvalue weighted by atomic mass is 10.1. The molecule has 3 heterocycles. The van der Waals surface area contributed by atoms with Crippen LogP contribution in [0.1, 0.15) is 10.4 Å². The average Bonchev–Trinajstić information content (AvgIpc) is 3.26. The van der Waals surface area contributed by atoms with Gasteiger partial charge in [-0.25, -0.2) is 9.97 Å². The molecule has 0 bridgehead atoms. The third-order valence-corrected chi connectivity index (χ3v) is 6.01. The second-order valence-electron chi connectivity index (χ2n) is 8.13. The van der Waals surface area contributed by atoms with Gasteiger partial charge in [0.15, 0.2) is 5.65 Å². The summed E-state index contributed by atoms with van der Waals surface area (Å²) in [5.41, 5.74) is 10.4. The first-order chi connectivity index (χ1) is 16.2. The van der Waals surface area contributed by atoms with Crippen molar-refractivity contribution in [1.82, 2.24) is 30.1 Å². The number of fused-ring (bicyclic) bond motifs is 1. The van der Waals surface area contributed by atoms with Gasteiger partial charge in [0, 0.05) is 62.3 Å². The SMILES string of the molecule is Nc1ncnc2c1c(-c1ccccc1)cn2-c1cccc(C(=O)NCCN2CCNCC2)c1. The van der Waals surface area contributed by atoms with E-state index in [-0.39, 0.29) is 5.91 Å². The fraction of sp³-hybridized carbons (Fsp3) is 0.240. The van der Waals surface area contributed by atoms with Crippen LogP contribution in [-0.4, -0.2) is 64.6 Å². The van der Waals surface area contributed by atoms with Gasteiger partial charge < -0.3 is 20.9 Å². The minimum absolute atomic E-state index is 0.0825. The Morgan fingerprint density at radius 3 is 2.70 bits per heavy atom. The maximum atomic E-state index is 12.8. The smallest absolute Gasteiger partial charge is 0.251 e. The van der Waals surface area contributed by atoms with Gasteiger partial charge in [0.1, 0.15) is 12.1 Å². The Kier molecular flexibility index (Phi) is 6.01. The van der Waals surface area contributed by atoms with E-state index in [1.54, 1.807) is 0 Å². The molecular weight excluding hydrogens is 414 g/mol. The average molecular weight is 442 g/mol. The molecule has 2 aromatic heterocycles. The highest BCUT2D eigenvalue weighted by Crippen LogP contribution is 2.34. The second kappa shape index (κ2) is 9.40. The van der Waals surface area contributed by atoms with Gasteiger partial charge in [0.25, 0.3) is 5.91 Å². The highest BCUT2D eigenvalue weighted by molar-refractivity contribution is 6.01. The van der Waals surface area contributed by atoms with E-state index in [0.29, 0.717) is 23.6 Å². The standard InChI is InChI=1S/C25H27N7O/c26-23-22-21(18-5-2-1-3-6-18)16-32(24(22)30-17-29-23)20-8-4-7-19(15-20)25(33)28-11-14-31-12-9-27-10-13-31/h1-8,15-17,27H,9-14H2,(H,28,33)(H2,26,29,30). The first-order valence-corrected chi connectivity index (χ1v) is 11.2. The molecule has 0 aliphatic carbocycles. The number of benzene rings is 2. The molecule has 33 heavy (non-hydrogen) atoms. The third kappa shape index (κ3) is 4.44. The molecule has 1 aliphatic heterocycles. The number of hydrogen-bond acceptors (Lipinski definition) is 6. The van der Waals surface area contributed by atoms with Gasteiger partial charge in [-0.3, -0.25) is 9.69 Å². The van der Waals surface area contributed by atoms with E-state index < -0.39 is 0 Å². The normalized spacial score (nSPS) is 14.4. The van der Waals surface area contributed by atoms with Crippen LogP contribution in [0.2, 0.25) is 0 Å². The Bertz CT molecular complexity index is 1260. The minimum Gasteiger partial charge on any atom is -0.383 e. The quantitative estimate of drug-likeness (QED) is 0.425. The number of nitrogen functional groups attached to an aromatic ring is 1. The monoisotopic (exact) mass is 441 g/mol. The van der Waals surface area contributed by atoms with Crippen LogP contribution in [0, 0.1) is 0 Å². The largest absolute Gasteiger partial charge is 0.383 e. The molecule has 5 rings (SSSR count). The number of carbonyl (C=O) groups excluding carboxylic acids is 1. The summed E-state index contributed by atoms with van der Waals surface area (Å²) in [4.78, 5) is 23.9. The van der Waals surface area contributed by atoms with Gasteiger partial charge in [0.05, 0.1) is 5.39 Å². The van der Waals surface area contributed by atoms with Crippen LogP contribution in [0.4, 0.5) is 5.82 Å². The van der Waals surface area contributed by atoms with Crippen LogP contribution in [0.5, 0.6) is 0 Å². The van der Waals surface area contributed by atoms with E-state index in [4.69, 9.17) is 5.73 Å². The molecule has 168 valence electrons. The molecule has 4 N–H and O–H groups in total. The second-order valence-corrected chi connectivity index (χ2v) is 8.13. The first kappa shape index (κ1) is 21.1. The molecule has 1 saturated heterocycles. The summed E-state index contributed by atoms with van der Waals surface area (Å²) in [6, 6.07) is 17.6. The van der Waals surface area contributed by atoms with Crippen molar-refractivity contribution >= 4 is 22.8 Å². The molecule has 8 nitrogen and oxygen atoms in total. The summed E-state index contributed by atoms with van der Waals surface area (Å²) < 4.78 is 1.97. The molecule has 2 aromatic carbocycles. The van der Waals surface area contributed by atoms with Gasteiger partial charge in [-0.1, -0.05) is 36.4 Å². The molecular formula is C25H27N7O. The van der Waals surface area contributed by atoms with E-state index in [0.717, 1.165) is 54.9 Å². The van der Waals surface area contributed by atoms with E-state index >= 15 is 0 Å². The van der Waals surface area contributed by atoms with Crippen molar-refractivity contribution in [2.45, 2.75) is 0 Å². The predicted molar refractivity (Wildman–Crippen MR) is 130 cm³/mol. The number of rotatable bonds is 6. The zero-order valence-electron chi connectivity index (χ0n) is 18.4. The molecule has 1 aliphatic rings. The Balaban J connectivity index is 1.42. The van der Waals surface area contributed by atoms with Gasteiger partial charge >= 0.3 is 0 Å². The molecule has 0 radical (unpaired) electrons. The highest BCUT2D eigenvalue weighted by Gasteiger charge is 2.17. The van der Waals surface area contributed by atoms with E-state index in [1.807, 2.05) is 65.4 Å². The molecule has 0 saturated carbocycles. The van der Waals surface area contributed by atoms with Crippen molar-refractivity contribution in [3.8, 4) is 16.8 Å². The minimum atomic E-state index is -0.0825. The zero-order chi connectivity index (χ0) is 22.6. The number of nitrogens with one attached hydrogen (secondary N) is 2. The van der Waals surface area contributed by atoms with Crippen LogP contribution < -0.4 is 16.4 Å². The summed E-state index contributed by atoms with van der Waals surface area (Å²) >= 11 is 0. The summed E-state index contributed by atoms with van der Waals surface area (Å²) in [5.74, 6) is 0.347. The Morgan fingerprint density at radius 2 is 1.88 bits per heavy atom. The molecule has 0 spiro atoms. The first-order valence-electron chi connectivity index (χ1n) is 11.2. The number of hydrogen-bond donors (Lipinski definition) is 3. The van der Waals surface area contributed by atoms with Crippen LogP contribution in [0.3, 0.4) is 0 Å². The lowest BCUT2D eigenvalue weighted by Crippen LogP contribution is -2.46. The fourth-order valence-electron chi connectivity index (χ4n) is 4.28. The summed E-state index contributed by atoms with van der Waals surface area (Å²) in [7, 11) is 0. The Labute approximate surface area is 192 Å². The summed E-state index contributed by atoms with van der Waals surface area (Å²) in [6.45, 7) is 5.50. The number of amides is 1. The lowest BCUT2D eigenvalue weighted by Gasteiger charge is -2.27.